The van der Waals surface area contributed by atoms with Gasteiger partial charge in [0, 0.05) is 19.1 Å². The Labute approximate surface area is 122 Å². The van der Waals surface area contributed by atoms with Crippen molar-refractivity contribution in [3.8, 4) is 0 Å². The first-order valence-corrected chi connectivity index (χ1v) is 7.78. The summed E-state index contributed by atoms with van der Waals surface area (Å²) in [5.74, 6) is -0.139. The minimum Gasteiger partial charge on any atom is -0.393 e. The monoisotopic (exact) mass is 285 g/mol. The normalized spacial score (nSPS) is 20.8. The van der Waals surface area contributed by atoms with Crippen molar-refractivity contribution in [1.29, 1.82) is 0 Å². The number of amides is 1. The summed E-state index contributed by atoms with van der Waals surface area (Å²) in [7, 11) is 0. The largest absolute Gasteiger partial charge is 0.393 e. The predicted octanol–water partition coefficient (Wildman–Crippen LogP) is 1.63. The lowest BCUT2D eigenvalue weighted by atomic mass is 10.0. The van der Waals surface area contributed by atoms with E-state index in [-0.39, 0.29) is 11.8 Å². The molecule has 1 aliphatic rings. The highest BCUT2D eigenvalue weighted by molar-refractivity contribution is 7.80. The summed E-state index contributed by atoms with van der Waals surface area (Å²) in [4.78, 5) is 17.2. The van der Waals surface area contributed by atoms with E-state index in [1.54, 1.807) is 0 Å². The van der Waals surface area contributed by atoms with Crippen LogP contribution in [0.2, 0.25) is 0 Å². The van der Waals surface area contributed by atoms with Crippen molar-refractivity contribution in [3.05, 3.63) is 0 Å². The van der Waals surface area contributed by atoms with E-state index in [1.807, 2.05) is 4.90 Å². The van der Waals surface area contributed by atoms with Gasteiger partial charge in [0.15, 0.2) is 0 Å². The predicted molar refractivity (Wildman–Crippen MR) is 83.1 cm³/mol. The molecule has 0 radical (unpaired) electrons. The third-order valence-corrected chi connectivity index (χ3v) is 4.31. The van der Waals surface area contributed by atoms with E-state index in [1.165, 1.54) is 0 Å². The summed E-state index contributed by atoms with van der Waals surface area (Å²) in [5, 5.41) is 0. The number of hydrogen-bond acceptors (Lipinski definition) is 3. The highest BCUT2D eigenvalue weighted by atomic mass is 32.1. The molecule has 1 aliphatic heterocycles. The summed E-state index contributed by atoms with van der Waals surface area (Å²) in [5.41, 5.74) is 5.71. The number of likely N-dealkylation sites (tertiary alicyclic amines) is 1. The van der Waals surface area contributed by atoms with Gasteiger partial charge in [-0.3, -0.25) is 9.69 Å². The van der Waals surface area contributed by atoms with Crippen molar-refractivity contribution in [3.63, 3.8) is 0 Å². The van der Waals surface area contributed by atoms with Gasteiger partial charge in [-0.05, 0) is 25.9 Å². The van der Waals surface area contributed by atoms with Crippen molar-refractivity contribution >= 4 is 23.1 Å². The molecule has 0 spiro atoms. The Kier molecular flexibility index (Phi) is 6.72. The fraction of sp³-hybridized carbons (Fsp3) is 0.857. The lowest BCUT2D eigenvalue weighted by Gasteiger charge is -2.27. The molecule has 5 heteroatoms. The molecule has 0 aromatic rings. The number of hydrogen-bond donors (Lipinski definition) is 1. The zero-order chi connectivity index (χ0) is 14.4. The minimum atomic E-state index is -0.268. The minimum absolute atomic E-state index is 0.129. The molecule has 19 heavy (non-hydrogen) atoms. The summed E-state index contributed by atoms with van der Waals surface area (Å²) in [6.07, 6.45) is 2.76. The van der Waals surface area contributed by atoms with Gasteiger partial charge in [0.25, 0.3) is 0 Å². The topological polar surface area (TPSA) is 49.6 Å². The molecular formula is C14H27N3OS. The van der Waals surface area contributed by atoms with Gasteiger partial charge in [-0.2, -0.15) is 0 Å². The first-order valence-electron chi connectivity index (χ1n) is 7.37. The number of nitrogens with two attached hydrogens (primary N) is 1. The lowest BCUT2D eigenvalue weighted by Crippen LogP contribution is -2.42. The maximum absolute atomic E-state index is 12.5. The van der Waals surface area contributed by atoms with Crippen molar-refractivity contribution in [2.75, 3.05) is 26.2 Å². The van der Waals surface area contributed by atoms with E-state index in [4.69, 9.17) is 18.0 Å². The van der Waals surface area contributed by atoms with E-state index in [0.717, 1.165) is 45.4 Å². The Morgan fingerprint density at radius 3 is 2.53 bits per heavy atom. The van der Waals surface area contributed by atoms with Crippen LogP contribution in [0.3, 0.4) is 0 Å². The van der Waals surface area contributed by atoms with Crippen molar-refractivity contribution in [2.24, 2.45) is 11.7 Å². The summed E-state index contributed by atoms with van der Waals surface area (Å²) in [6, 6.07) is 0.493. The van der Waals surface area contributed by atoms with Crippen LogP contribution in [-0.2, 0) is 4.79 Å². The Hall–Kier alpha value is -0.680. The van der Waals surface area contributed by atoms with E-state index in [9.17, 15) is 4.79 Å². The summed E-state index contributed by atoms with van der Waals surface area (Å²) in [6.45, 7) is 10.1. The van der Waals surface area contributed by atoms with Gasteiger partial charge in [-0.1, -0.05) is 39.4 Å². The molecule has 1 saturated heterocycles. The zero-order valence-corrected chi connectivity index (χ0v) is 13.2. The number of carbonyl (C=O) groups is 1. The molecule has 0 aromatic heterocycles. The molecule has 0 aliphatic carbocycles. The molecule has 1 rings (SSSR count). The van der Waals surface area contributed by atoms with Crippen LogP contribution in [0.5, 0.6) is 0 Å². The molecular weight excluding hydrogens is 258 g/mol. The van der Waals surface area contributed by atoms with Gasteiger partial charge >= 0.3 is 0 Å². The molecule has 2 atom stereocenters. The highest BCUT2D eigenvalue weighted by Gasteiger charge is 2.33. The molecule has 1 amide bonds. The fourth-order valence-electron chi connectivity index (χ4n) is 2.88. The van der Waals surface area contributed by atoms with Crippen LogP contribution in [0.25, 0.3) is 0 Å². The first kappa shape index (κ1) is 16.4. The molecule has 4 nitrogen and oxygen atoms in total. The van der Waals surface area contributed by atoms with Gasteiger partial charge in [-0.15, -0.1) is 0 Å². The van der Waals surface area contributed by atoms with E-state index in [0.29, 0.717) is 11.0 Å². The number of carbonyl (C=O) groups excluding carboxylic acids is 1. The van der Waals surface area contributed by atoms with Crippen molar-refractivity contribution in [1.82, 2.24) is 9.80 Å². The van der Waals surface area contributed by atoms with Crippen LogP contribution in [0.4, 0.5) is 0 Å². The SMILES string of the molecule is CCCC(C(=O)N1CCC(N(CC)CC)C1)C(N)=S. The molecule has 1 fully saturated rings. The van der Waals surface area contributed by atoms with Crippen LogP contribution in [-0.4, -0.2) is 52.9 Å². The first-order chi connectivity index (χ1) is 9.04. The number of rotatable bonds is 7. The average molecular weight is 285 g/mol. The van der Waals surface area contributed by atoms with Gasteiger partial charge in [0.2, 0.25) is 5.91 Å². The second kappa shape index (κ2) is 7.80. The van der Waals surface area contributed by atoms with E-state index < -0.39 is 0 Å². The quantitative estimate of drug-likeness (QED) is 0.722. The maximum Gasteiger partial charge on any atom is 0.232 e. The van der Waals surface area contributed by atoms with Crippen LogP contribution < -0.4 is 5.73 Å². The molecule has 2 N–H and O–H groups in total. The second-order valence-corrected chi connectivity index (χ2v) is 5.66. The van der Waals surface area contributed by atoms with Crippen LogP contribution >= 0.6 is 12.2 Å². The number of nitrogens with zero attached hydrogens (tertiary/aromatic N) is 2. The Bertz CT molecular complexity index is 318. The Morgan fingerprint density at radius 2 is 2.05 bits per heavy atom. The van der Waals surface area contributed by atoms with E-state index >= 15 is 0 Å². The smallest absolute Gasteiger partial charge is 0.232 e. The lowest BCUT2D eigenvalue weighted by molar-refractivity contribution is -0.132. The average Bonchev–Trinajstić information content (AvgIpc) is 2.86. The molecule has 0 aromatic carbocycles. The second-order valence-electron chi connectivity index (χ2n) is 5.19. The van der Waals surface area contributed by atoms with Crippen LogP contribution in [0, 0.1) is 5.92 Å². The number of likely N-dealkylation sites (N-methyl/N-ethyl adjacent to an activating group) is 1. The van der Waals surface area contributed by atoms with Gasteiger partial charge < -0.3 is 10.6 Å². The van der Waals surface area contributed by atoms with Crippen LogP contribution in [0.15, 0.2) is 0 Å². The highest BCUT2D eigenvalue weighted by Crippen LogP contribution is 2.20. The van der Waals surface area contributed by atoms with Crippen molar-refractivity contribution < 1.29 is 4.79 Å². The standard InChI is InChI=1S/C14H27N3OS/c1-4-7-12(13(15)19)14(18)17-9-8-11(10-17)16(5-2)6-3/h11-12H,4-10H2,1-3H3,(H2,15,19). The zero-order valence-electron chi connectivity index (χ0n) is 12.4. The summed E-state index contributed by atoms with van der Waals surface area (Å²) >= 11 is 5.04. The molecule has 2 unspecified atom stereocenters. The summed E-state index contributed by atoms with van der Waals surface area (Å²) < 4.78 is 0. The van der Waals surface area contributed by atoms with Gasteiger partial charge in [0.05, 0.1) is 10.9 Å². The Balaban J connectivity index is 2.62. The fourth-order valence-corrected chi connectivity index (χ4v) is 3.10. The Morgan fingerprint density at radius 1 is 1.42 bits per heavy atom. The van der Waals surface area contributed by atoms with Gasteiger partial charge in [0.1, 0.15) is 0 Å². The maximum atomic E-state index is 12.5. The molecule has 0 saturated carbocycles. The number of thiocarbonyl (C=S) groups is 1. The molecule has 110 valence electrons. The third kappa shape index (κ3) is 4.14. The van der Waals surface area contributed by atoms with E-state index in [2.05, 4.69) is 25.7 Å². The van der Waals surface area contributed by atoms with Crippen molar-refractivity contribution in [2.45, 2.75) is 46.1 Å². The third-order valence-electron chi connectivity index (χ3n) is 4.02. The van der Waals surface area contributed by atoms with Gasteiger partial charge in [-0.25, -0.2) is 0 Å². The molecule has 1 heterocycles. The van der Waals surface area contributed by atoms with Crippen LogP contribution in [0.1, 0.15) is 40.0 Å². The molecule has 0 bridgehead atoms.